The molecule has 24 heavy (non-hydrogen) atoms. The van der Waals surface area contributed by atoms with E-state index in [2.05, 4.69) is 27.0 Å². The Kier molecular flexibility index (Phi) is 5.40. The molecule has 0 aliphatic rings. The Labute approximate surface area is 144 Å². The van der Waals surface area contributed by atoms with E-state index in [4.69, 9.17) is 4.74 Å². The van der Waals surface area contributed by atoms with E-state index in [9.17, 15) is 4.79 Å². The van der Waals surface area contributed by atoms with Crippen LogP contribution in [0.5, 0.6) is 0 Å². The second kappa shape index (κ2) is 7.31. The number of hydrogen-bond acceptors (Lipinski definition) is 2. The van der Waals surface area contributed by atoms with Crippen molar-refractivity contribution in [1.29, 1.82) is 0 Å². The van der Waals surface area contributed by atoms with Gasteiger partial charge >= 0.3 is 5.97 Å². The quantitative estimate of drug-likeness (QED) is 0.535. The number of aryl methyl sites for hydroxylation is 1. The molecule has 0 fully saturated rings. The molecule has 1 atom stereocenters. The molecule has 0 heterocycles. The molecule has 2 heteroatoms. The molecule has 0 amide bonds. The zero-order valence-electron chi connectivity index (χ0n) is 14.6. The van der Waals surface area contributed by atoms with Crippen LogP contribution in [0, 0.1) is 12.8 Å². The van der Waals surface area contributed by atoms with Gasteiger partial charge in [0.1, 0.15) is 0 Å². The molecule has 2 rings (SSSR count). The van der Waals surface area contributed by atoms with Gasteiger partial charge in [-0.3, -0.25) is 0 Å². The molecule has 1 unspecified atom stereocenters. The van der Waals surface area contributed by atoms with Crippen molar-refractivity contribution in [3.05, 3.63) is 90.0 Å². The van der Waals surface area contributed by atoms with E-state index in [0.29, 0.717) is 0 Å². The lowest BCUT2D eigenvalue weighted by molar-refractivity contribution is -0.154. The first-order valence-electron chi connectivity index (χ1n) is 8.10. The molecule has 0 aliphatic heterocycles. The highest BCUT2D eigenvalue weighted by Crippen LogP contribution is 2.43. The fourth-order valence-electron chi connectivity index (χ4n) is 3.20. The summed E-state index contributed by atoms with van der Waals surface area (Å²) in [5.41, 5.74) is 3.03. The minimum Gasteiger partial charge on any atom is -0.446 e. The molecule has 0 N–H and O–H groups in total. The maximum Gasteiger partial charge on any atom is 0.331 e. The van der Waals surface area contributed by atoms with Crippen LogP contribution in [0.15, 0.2) is 67.8 Å². The topological polar surface area (TPSA) is 26.3 Å². The Morgan fingerprint density at radius 2 is 1.62 bits per heavy atom. The van der Waals surface area contributed by atoms with Crippen molar-refractivity contribution >= 4 is 12.0 Å². The van der Waals surface area contributed by atoms with Gasteiger partial charge in [0.25, 0.3) is 0 Å². The number of rotatable bonds is 6. The summed E-state index contributed by atoms with van der Waals surface area (Å²) in [5.74, 6) is -0.422. The van der Waals surface area contributed by atoms with Gasteiger partial charge in [-0.2, -0.15) is 0 Å². The van der Waals surface area contributed by atoms with E-state index in [1.54, 1.807) is 6.08 Å². The summed E-state index contributed by atoms with van der Waals surface area (Å²) >= 11 is 0. The van der Waals surface area contributed by atoms with Gasteiger partial charge in [0.2, 0.25) is 0 Å². The third-order valence-corrected chi connectivity index (χ3v) is 4.37. The monoisotopic (exact) mass is 320 g/mol. The van der Waals surface area contributed by atoms with Crippen molar-refractivity contribution in [3.63, 3.8) is 0 Å². The fraction of sp³-hybridized carbons (Fsp3) is 0.227. The maximum absolute atomic E-state index is 12.2. The van der Waals surface area contributed by atoms with E-state index < -0.39 is 11.6 Å². The molecule has 124 valence electrons. The number of benzene rings is 2. The van der Waals surface area contributed by atoms with Gasteiger partial charge in [0.15, 0.2) is 5.60 Å². The second-order valence-electron chi connectivity index (χ2n) is 6.12. The Bertz CT molecular complexity index is 758. The van der Waals surface area contributed by atoms with Crippen LogP contribution in [-0.2, 0) is 15.1 Å². The summed E-state index contributed by atoms with van der Waals surface area (Å²) < 4.78 is 6.04. The van der Waals surface area contributed by atoms with Crippen LogP contribution < -0.4 is 0 Å². The summed E-state index contributed by atoms with van der Waals surface area (Å²) in [7, 11) is 0. The first kappa shape index (κ1) is 17.7. The maximum atomic E-state index is 12.2. The highest BCUT2D eigenvalue weighted by Gasteiger charge is 2.43. The normalized spacial score (nSPS) is 13.2. The molecule has 0 aliphatic carbocycles. The molecule has 2 nitrogen and oxygen atoms in total. The number of esters is 1. The number of ether oxygens (including phenoxy) is 1. The molecule has 0 bridgehead atoms. The van der Waals surface area contributed by atoms with Gasteiger partial charge in [-0.15, -0.1) is 0 Å². The average Bonchev–Trinajstić information content (AvgIpc) is 2.60. The van der Waals surface area contributed by atoms with Gasteiger partial charge in [-0.1, -0.05) is 81.6 Å². The Balaban J connectivity index is 2.86. The van der Waals surface area contributed by atoms with Crippen LogP contribution in [0.2, 0.25) is 0 Å². The van der Waals surface area contributed by atoms with Gasteiger partial charge in [-0.05, 0) is 18.1 Å². The summed E-state index contributed by atoms with van der Waals surface area (Å²) in [6.45, 7) is 13.6. The van der Waals surface area contributed by atoms with Gasteiger partial charge in [0.05, 0.1) is 0 Å². The zero-order chi connectivity index (χ0) is 17.7. The lowest BCUT2D eigenvalue weighted by Crippen LogP contribution is -2.40. The van der Waals surface area contributed by atoms with E-state index in [1.807, 2.05) is 55.5 Å². The summed E-state index contributed by atoms with van der Waals surface area (Å²) in [6, 6.07) is 15.9. The predicted octanol–water partition coefficient (Wildman–Crippen LogP) is 5.27. The summed E-state index contributed by atoms with van der Waals surface area (Å²) in [4.78, 5) is 12.2. The molecular formula is C22H24O2. The standard InChI is InChI=1S/C22H24O2/c1-6-18-13-9-11-15-20(18)22(16(3)4,24-21(23)7-2)19-14-10-8-12-17(19)5/h6-16H,1-2H2,3-5H3. The van der Waals surface area contributed by atoms with Crippen molar-refractivity contribution in [3.8, 4) is 0 Å². The lowest BCUT2D eigenvalue weighted by atomic mass is 9.74. The minimum absolute atomic E-state index is 0.0172. The van der Waals surface area contributed by atoms with Gasteiger partial charge in [0, 0.05) is 23.1 Å². The molecule has 0 spiro atoms. The van der Waals surface area contributed by atoms with Crippen LogP contribution in [0.4, 0.5) is 0 Å². The van der Waals surface area contributed by atoms with Crippen LogP contribution in [-0.4, -0.2) is 5.97 Å². The number of carbonyl (C=O) groups excluding carboxylic acids is 1. The van der Waals surface area contributed by atoms with Crippen LogP contribution in [0.3, 0.4) is 0 Å². The lowest BCUT2D eigenvalue weighted by Gasteiger charge is -2.39. The van der Waals surface area contributed by atoms with Crippen molar-refractivity contribution in [1.82, 2.24) is 0 Å². The van der Waals surface area contributed by atoms with Crippen LogP contribution in [0.25, 0.3) is 6.08 Å². The molecule has 0 radical (unpaired) electrons. The molecule has 2 aromatic carbocycles. The minimum atomic E-state index is -0.901. The number of hydrogen-bond donors (Lipinski definition) is 0. The summed E-state index contributed by atoms with van der Waals surface area (Å²) in [5, 5.41) is 0. The van der Waals surface area contributed by atoms with E-state index in [0.717, 1.165) is 22.3 Å². The average molecular weight is 320 g/mol. The Morgan fingerprint density at radius 3 is 2.17 bits per heavy atom. The fourth-order valence-corrected chi connectivity index (χ4v) is 3.20. The first-order valence-corrected chi connectivity index (χ1v) is 8.10. The Hall–Kier alpha value is -2.61. The van der Waals surface area contributed by atoms with Crippen LogP contribution in [0.1, 0.15) is 36.1 Å². The molecule has 0 aromatic heterocycles. The molecule has 2 aromatic rings. The van der Waals surface area contributed by atoms with E-state index in [-0.39, 0.29) is 5.92 Å². The first-order chi connectivity index (χ1) is 11.5. The van der Waals surface area contributed by atoms with Crippen molar-refractivity contribution in [2.45, 2.75) is 26.4 Å². The molecular weight excluding hydrogens is 296 g/mol. The van der Waals surface area contributed by atoms with Crippen molar-refractivity contribution < 1.29 is 9.53 Å². The number of carbonyl (C=O) groups is 1. The summed E-state index contributed by atoms with van der Waals surface area (Å²) in [6.07, 6.45) is 3.01. The highest BCUT2D eigenvalue weighted by molar-refractivity contribution is 5.82. The van der Waals surface area contributed by atoms with Gasteiger partial charge < -0.3 is 4.74 Å². The van der Waals surface area contributed by atoms with E-state index >= 15 is 0 Å². The third-order valence-electron chi connectivity index (χ3n) is 4.37. The SMILES string of the molecule is C=CC(=O)OC(c1ccccc1C)(c1ccccc1C=C)C(C)C. The Morgan fingerprint density at radius 1 is 1.04 bits per heavy atom. The molecule has 0 saturated carbocycles. The van der Waals surface area contributed by atoms with Crippen molar-refractivity contribution in [2.75, 3.05) is 0 Å². The molecule has 0 saturated heterocycles. The van der Waals surface area contributed by atoms with Crippen LogP contribution >= 0.6 is 0 Å². The van der Waals surface area contributed by atoms with E-state index in [1.165, 1.54) is 6.08 Å². The van der Waals surface area contributed by atoms with Gasteiger partial charge in [-0.25, -0.2) is 4.79 Å². The second-order valence-corrected chi connectivity index (χ2v) is 6.12. The smallest absolute Gasteiger partial charge is 0.331 e. The third kappa shape index (κ3) is 3.05. The predicted molar refractivity (Wildman–Crippen MR) is 99.6 cm³/mol. The zero-order valence-corrected chi connectivity index (χ0v) is 14.6. The highest BCUT2D eigenvalue weighted by atomic mass is 16.6. The van der Waals surface area contributed by atoms with Crippen molar-refractivity contribution in [2.24, 2.45) is 5.92 Å². The largest absolute Gasteiger partial charge is 0.446 e.